The van der Waals surface area contributed by atoms with Crippen molar-refractivity contribution in [2.75, 3.05) is 12.4 Å². The lowest BCUT2D eigenvalue weighted by molar-refractivity contribution is 0.415. The highest BCUT2D eigenvalue weighted by Gasteiger charge is 1.98. The molecule has 2 aromatic carbocycles. The largest absolute Gasteiger partial charge is 0.497 e. The fourth-order valence-corrected chi connectivity index (χ4v) is 1.65. The third kappa shape index (κ3) is 3.98. The fourth-order valence-electron chi connectivity index (χ4n) is 1.65. The van der Waals surface area contributed by atoms with E-state index in [0.29, 0.717) is 12.5 Å². The average molecular weight is 273 g/mol. The van der Waals surface area contributed by atoms with Crippen LogP contribution in [-0.2, 0) is 6.54 Å². The van der Waals surface area contributed by atoms with Gasteiger partial charge in [0.15, 0.2) is 5.96 Å². The first-order chi connectivity index (χ1) is 9.67. The molecule has 2 rings (SSSR count). The maximum atomic E-state index is 12.8. The van der Waals surface area contributed by atoms with E-state index in [9.17, 15) is 4.39 Å². The highest BCUT2D eigenvalue weighted by Crippen LogP contribution is 2.16. The van der Waals surface area contributed by atoms with Gasteiger partial charge in [-0.1, -0.05) is 18.2 Å². The van der Waals surface area contributed by atoms with Gasteiger partial charge in [-0.3, -0.25) is 0 Å². The van der Waals surface area contributed by atoms with E-state index in [0.717, 1.165) is 17.0 Å². The van der Waals surface area contributed by atoms with E-state index in [-0.39, 0.29) is 5.82 Å². The number of aliphatic imine (C=N–C) groups is 1. The van der Waals surface area contributed by atoms with Crippen LogP contribution in [0.4, 0.5) is 10.1 Å². The van der Waals surface area contributed by atoms with Gasteiger partial charge >= 0.3 is 0 Å². The molecule has 3 N–H and O–H groups in total. The monoisotopic (exact) mass is 273 g/mol. The lowest BCUT2D eigenvalue weighted by Gasteiger charge is -2.07. The molecule has 0 aromatic heterocycles. The van der Waals surface area contributed by atoms with Crippen molar-refractivity contribution in [3.63, 3.8) is 0 Å². The maximum absolute atomic E-state index is 12.8. The fraction of sp³-hybridized carbons (Fsp3) is 0.133. The average Bonchev–Trinajstić information content (AvgIpc) is 2.47. The van der Waals surface area contributed by atoms with Gasteiger partial charge in [-0.05, 0) is 29.8 Å². The van der Waals surface area contributed by atoms with E-state index in [2.05, 4.69) is 10.3 Å². The Hall–Kier alpha value is -2.56. The van der Waals surface area contributed by atoms with Crippen molar-refractivity contribution in [1.29, 1.82) is 0 Å². The standard InChI is InChI=1S/C15H16FN3O/c1-20-14-4-2-3-13(9-14)19-15(17)18-10-11-5-7-12(16)8-6-11/h2-9H,10H2,1H3,(H3,17,18,19). The molecule has 0 aliphatic carbocycles. The maximum Gasteiger partial charge on any atom is 0.193 e. The second-order valence-electron chi connectivity index (χ2n) is 4.18. The minimum Gasteiger partial charge on any atom is -0.497 e. The Morgan fingerprint density at radius 3 is 2.70 bits per heavy atom. The van der Waals surface area contributed by atoms with Gasteiger partial charge < -0.3 is 15.8 Å². The van der Waals surface area contributed by atoms with E-state index >= 15 is 0 Å². The summed E-state index contributed by atoms with van der Waals surface area (Å²) >= 11 is 0. The molecule has 20 heavy (non-hydrogen) atoms. The third-order valence-electron chi connectivity index (χ3n) is 2.69. The number of halogens is 1. The first-order valence-electron chi connectivity index (χ1n) is 6.13. The summed E-state index contributed by atoms with van der Waals surface area (Å²) in [5.41, 5.74) is 7.49. The highest BCUT2D eigenvalue weighted by atomic mass is 19.1. The van der Waals surface area contributed by atoms with Crippen molar-refractivity contribution in [2.24, 2.45) is 10.7 Å². The molecule has 0 unspecified atom stereocenters. The summed E-state index contributed by atoms with van der Waals surface area (Å²) < 4.78 is 17.9. The second kappa shape index (κ2) is 6.56. The van der Waals surface area contributed by atoms with Crippen molar-refractivity contribution in [3.8, 4) is 5.75 Å². The molecule has 0 heterocycles. The number of hydrogen-bond acceptors (Lipinski definition) is 2. The Labute approximate surface area is 117 Å². The van der Waals surface area contributed by atoms with Crippen LogP contribution in [0.15, 0.2) is 53.5 Å². The quantitative estimate of drug-likeness (QED) is 0.665. The number of methoxy groups -OCH3 is 1. The molecular formula is C15H16FN3O. The Morgan fingerprint density at radius 2 is 2.00 bits per heavy atom. The zero-order valence-corrected chi connectivity index (χ0v) is 11.1. The van der Waals surface area contributed by atoms with Crippen LogP contribution in [0.1, 0.15) is 5.56 Å². The summed E-state index contributed by atoms with van der Waals surface area (Å²) in [7, 11) is 1.60. The number of ether oxygens (including phenoxy) is 1. The van der Waals surface area contributed by atoms with Crippen molar-refractivity contribution in [2.45, 2.75) is 6.54 Å². The van der Waals surface area contributed by atoms with Gasteiger partial charge in [-0.15, -0.1) is 0 Å². The molecule has 0 radical (unpaired) electrons. The molecule has 0 saturated heterocycles. The summed E-state index contributed by atoms with van der Waals surface area (Å²) in [6.07, 6.45) is 0. The van der Waals surface area contributed by atoms with Crippen molar-refractivity contribution >= 4 is 11.6 Å². The van der Waals surface area contributed by atoms with Crippen LogP contribution in [0.5, 0.6) is 5.75 Å². The molecule has 0 amide bonds. The second-order valence-corrected chi connectivity index (χ2v) is 4.18. The van der Waals surface area contributed by atoms with E-state index < -0.39 is 0 Å². The first kappa shape index (κ1) is 13.9. The number of nitrogens with one attached hydrogen (secondary N) is 1. The first-order valence-corrected chi connectivity index (χ1v) is 6.13. The molecule has 0 aliphatic heterocycles. The van der Waals surface area contributed by atoms with E-state index in [1.165, 1.54) is 12.1 Å². The van der Waals surface area contributed by atoms with E-state index in [4.69, 9.17) is 10.5 Å². The van der Waals surface area contributed by atoms with E-state index in [1.54, 1.807) is 19.2 Å². The SMILES string of the molecule is COc1cccc(NC(N)=NCc2ccc(F)cc2)c1. The molecule has 0 spiro atoms. The molecule has 104 valence electrons. The number of rotatable bonds is 4. The van der Waals surface area contributed by atoms with Crippen LogP contribution in [-0.4, -0.2) is 13.1 Å². The summed E-state index contributed by atoms with van der Waals surface area (Å²) in [5.74, 6) is 0.768. The van der Waals surface area contributed by atoms with Crippen LogP contribution in [0, 0.1) is 5.82 Å². The molecule has 0 saturated carbocycles. The number of guanidine groups is 1. The van der Waals surface area contributed by atoms with Gasteiger partial charge in [0.2, 0.25) is 0 Å². The van der Waals surface area contributed by atoms with Gasteiger partial charge in [-0.25, -0.2) is 9.38 Å². The van der Waals surface area contributed by atoms with Gasteiger partial charge in [0.1, 0.15) is 11.6 Å². The molecule has 0 atom stereocenters. The zero-order chi connectivity index (χ0) is 14.4. The van der Waals surface area contributed by atoms with Crippen molar-refractivity contribution in [3.05, 3.63) is 59.9 Å². The third-order valence-corrected chi connectivity index (χ3v) is 2.69. The minimum absolute atomic E-state index is 0.264. The van der Waals surface area contributed by atoms with Crippen LogP contribution in [0.2, 0.25) is 0 Å². The normalized spacial score (nSPS) is 11.2. The predicted octanol–water partition coefficient (Wildman–Crippen LogP) is 2.76. The summed E-state index contributed by atoms with van der Waals surface area (Å²) in [5, 5.41) is 2.97. The Bertz CT molecular complexity index is 596. The molecule has 2 aromatic rings. The molecule has 0 aliphatic rings. The number of anilines is 1. The van der Waals surface area contributed by atoms with Gasteiger partial charge in [0.05, 0.1) is 13.7 Å². The lowest BCUT2D eigenvalue weighted by Crippen LogP contribution is -2.22. The van der Waals surface area contributed by atoms with Crippen LogP contribution in [0.3, 0.4) is 0 Å². The summed E-state index contributed by atoms with van der Waals surface area (Å²) in [6.45, 7) is 0.392. The van der Waals surface area contributed by atoms with Crippen LogP contribution < -0.4 is 15.8 Å². The zero-order valence-electron chi connectivity index (χ0n) is 11.1. The number of nitrogens with two attached hydrogens (primary N) is 1. The summed E-state index contributed by atoms with van der Waals surface area (Å²) in [6, 6.07) is 13.5. The van der Waals surface area contributed by atoms with Crippen LogP contribution >= 0.6 is 0 Å². The molecule has 0 fully saturated rings. The smallest absolute Gasteiger partial charge is 0.193 e. The number of hydrogen-bond donors (Lipinski definition) is 2. The van der Waals surface area contributed by atoms with Gasteiger partial charge in [0, 0.05) is 11.8 Å². The topological polar surface area (TPSA) is 59.6 Å². The van der Waals surface area contributed by atoms with Crippen molar-refractivity contribution < 1.29 is 9.13 Å². The van der Waals surface area contributed by atoms with Crippen LogP contribution in [0.25, 0.3) is 0 Å². The molecular weight excluding hydrogens is 257 g/mol. The summed E-state index contributed by atoms with van der Waals surface area (Å²) in [4.78, 5) is 4.19. The number of nitrogens with zero attached hydrogens (tertiary/aromatic N) is 1. The molecule has 5 heteroatoms. The Morgan fingerprint density at radius 1 is 1.25 bits per heavy atom. The Balaban J connectivity index is 1.98. The lowest BCUT2D eigenvalue weighted by atomic mass is 10.2. The Kier molecular flexibility index (Phi) is 4.55. The minimum atomic E-state index is -0.264. The van der Waals surface area contributed by atoms with E-state index in [1.807, 2.05) is 24.3 Å². The predicted molar refractivity (Wildman–Crippen MR) is 78.3 cm³/mol. The van der Waals surface area contributed by atoms with Gasteiger partial charge in [0.25, 0.3) is 0 Å². The van der Waals surface area contributed by atoms with Gasteiger partial charge in [-0.2, -0.15) is 0 Å². The number of benzene rings is 2. The van der Waals surface area contributed by atoms with Crippen molar-refractivity contribution in [1.82, 2.24) is 0 Å². The highest BCUT2D eigenvalue weighted by molar-refractivity contribution is 5.92. The molecule has 0 bridgehead atoms. The molecule has 4 nitrogen and oxygen atoms in total.